The van der Waals surface area contributed by atoms with E-state index in [-0.39, 0.29) is 39.9 Å². The number of carbonyl (C=O) groups is 8. The molecule has 6 rings (SSSR count). The van der Waals surface area contributed by atoms with Crippen LogP contribution in [-0.4, -0.2) is 157 Å². The predicted molar refractivity (Wildman–Crippen MR) is 245 cm³/mol. The van der Waals surface area contributed by atoms with Crippen molar-refractivity contribution in [1.29, 1.82) is 0 Å². The molecule has 4 aliphatic heterocycles. The smallest absolute Gasteiger partial charge is 0.410 e. The summed E-state index contributed by atoms with van der Waals surface area (Å²) in [6.45, 7) is 4.68. The van der Waals surface area contributed by atoms with Gasteiger partial charge in [-0.1, -0.05) is 75.5 Å². The van der Waals surface area contributed by atoms with Crippen LogP contribution >= 0.6 is 0 Å². The van der Waals surface area contributed by atoms with Crippen molar-refractivity contribution < 1.29 is 63.1 Å². The van der Waals surface area contributed by atoms with E-state index >= 15 is 0 Å². The van der Waals surface area contributed by atoms with Gasteiger partial charge in [-0.2, -0.15) is 0 Å². The second kappa shape index (κ2) is 27.4. The minimum atomic E-state index is -1.24. The summed E-state index contributed by atoms with van der Waals surface area (Å²) in [6, 6.07) is 13.5. The zero-order chi connectivity index (χ0) is 47.8. The first-order chi connectivity index (χ1) is 30.9. The van der Waals surface area contributed by atoms with Crippen LogP contribution in [0.4, 0.5) is 9.59 Å². The van der Waals surface area contributed by atoms with Gasteiger partial charge in [0.25, 0.3) is 0 Å². The van der Waals surface area contributed by atoms with Crippen molar-refractivity contribution in [3.8, 4) is 0 Å². The first-order valence-corrected chi connectivity index (χ1v) is 21.7. The standard InChI is InChI=1S/C22H30N4O6.C18H22N2O5.C4H10N2O2.2CH4/c1-14(27)18(19(23)28)24-20(29)16-9-5-11-25(16)21(30)17-10-6-12-26(17)22(31)32-13-15-7-3-2-4-8-15;21-16(19-10-5-9-15(19)17(22)23)14-8-4-11-20(14)18(24)25-12-13-6-2-1-3-7-13;1-2(7)3(5)4(6)8;;/h2-4,7-8,14,16-18,27H,5-6,9-13H2,1H3,(H2,23,28)(H,24,29);1-3,6-7,14-15H,4-5,8-12H2,(H,22,23);2-3,7H,5H2,1H3,(H2,6,8);2*1H4/t14-,16+,17+,18+;14-,15-;2-,3+;;/m101../s1. The summed E-state index contributed by atoms with van der Waals surface area (Å²) < 4.78 is 10.7. The number of nitrogens with two attached hydrogens (primary N) is 3. The maximum atomic E-state index is 13.3. The van der Waals surface area contributed by atoms with E-state index in [1.807, 2.05) is 60.7 Å². The molecule has 4 fully saturated rings. The number of nitrogens with one attached hydrogen (secondary N) is 1. The number of carboxylic acid groups (broad SMARTS) is 1. The van der Waals surface area contributed by atoms with E-state index in [0.29, 0.717) is 77.5 Å². The molecule has 4 heterocycles. The van der Waals surface area contributed by atoms with Crippen LogP contribution in [0.1, 0.15) is 91.2 Å². The number of aliphatic hydroxyl groups is 2. The van der Waals surface area contributed by atoms with E-state index in [4.69, 9.17) is 31.8 Å². The molecule has 0 saturated carbocycles. The number of hydrogen-bond donors (Lipinski definition) is 7. The normalized spacial score (nSPS) is 21.3. The van der Waals surface area contributed by atoms with Gasteiger partial charge < -0.3 is 57.1 Å². The quantitative estimate of drug-likeness (QED) is 0.150. The van der Waals surface area contributed by atoms with Gasteiger partial charge in [0.1, 0.15) is 49.5 Å². The summed E-state index contributed by atoms with van der Waals surface area (Å²) >= 11 is 0. The minimum absolute atomic E-state index is 0. The lowest BCUT2D eigenvalue weighted by Gasteiger charge is -2.31. The van der Waals surface area contributed by atoms with Crippen molar-refractivity contribution >= 4 is 47.7 Å². The fourth-order valence-electron chi connectivity index (χ4n) is 7.98. The number of rotatable bonds is 13. The Bertz CT molecular complexity index is 1960. The zero-order valence-electron chi connectivity index (χ0n) is 36.7. The maximum Gasteiger partial charge on any atom is 0.410 e. The molecule has 7 amide bonds. The van der Waals surface area contributed by atoms with Crippen LogP contribution in [0.25, 0.3) is 0 Å². The fraction of sp³-hybridized carbons (Fsp3) is 0.565. The summed E-state index contributed by atoms with van der Waals surface area (Å²) in [5.74, 6) is -3.66. The minimum Gasteiger partial charge on any atom is -0.480 e. The highest BCUT2D eigenvalue weighted by Gasteiger charge is 2.44. The van der Waals surface area contributed by atoms with Crippen LogP contribution in [0.5, 0.6) is 0 Å². The highest BCUT2D eigenvalue weighted by atomic mass is 16.6. The van der Waals surface area contributed by atoms with Gasteiger partial charge in [0, 0.05) is 26.2 Å². The summed E-state index contributed by atoms with van der Waals surface area (Å²) in [6.07, 6.45) is 1.48. The highest BCUT2D eigenvalue weighted by Crippen LogP contribution is 2.27. The second-order valence-corrected chi connectivity index (χ2v) is 16.3. The Morgan fingerprint density at radius 2 is 0.970 bits per heavy atom. The van der Waals surface area contributed by atoms with Crippen molar-refractivity contribution in [3.05, 3.63) is 71.8 Å². The first kappa shape index (κ1) is 56.8. The number of carbonyl (C=O) groups excluding carboxylic acids is 7. The number of amides is 7. The largest absolute Gasteiger partial charge is 0.480 e. The molecule has 4 saturated heterocycles. The highest BCUT2D eigenvalue weighted by molar-refractivity contribution is 5.94. The van der Waals surface area contributed by atoms with Crippen molar-refractivity contribution in [2.45, 2.75) is 142 Å². The number of aliphatic carboxylic acids is 1. The third kappa shape index (κ3) is 15.9. The van der Waals surface area contributed by atoms with Crippen molar-refractivity contribution in [1.82, 2.24) is 24.9 Å². The van der Waals surface area contributed by atoms with Gasteiger partial charge in [0.05, 0.1) is 12.2 Å². The third-order valence-corrected chi connectivity index (χ3v) is 11.5. The van der Waals surface area contributed by atoms with Gasteiger partial charge in [-0.25, -0.2) is 14.4 Å². The number of likely N-dealkylation sites (tertiary alicyclic amines) is 4. The molecule has 4 aliphatic rings. The predicted octanol–water partition coefficient (Wildman–Crippen LogP) is 1.44. The van der Waals surface area contributed by atoms with Crippen LogP contribution in [0.2, 0.25) is 0 Å². The van der Waals surface area contributed by atoms with Gasteiger partial charge in [0.2, 0.25) is 29.5 Å². The fourth-order valence-corrected chi connectivity index (χ4v) is 7.98. The second-order valence-electron chi connectivity index (χ2n) is 16.3. The number of aliphatic hydroxyl groups excluding tert-OH is 2. The summed E-state index contributed by atoms with van der Waals surface area (Å²) in [5.41, 5.74) is 16.7. The SMILES string of the molecule is C.C.C[C@@H](O)[C@H](N)C(N)=O.C[C@@H](O)[C@H](NC(=O)[C@@H]1CCCN1C(=O)[C@@H]1CCCN1C(=O)OCc1ccccc1)C(N)=O.O=C(O)[C@@H]1CCCN1C(=O)[C@@H]1CCCN1C(=O)OCc1ccccc1. The van der Waals surface area contributed by atoms with Crippen LogP contribution < -0.4 is 22.5 Å². The van der Waals surface area contributed by atoms with Crippen molar-refractivity contribution in [3.63, 3.8) is 0 Å². The molecule has 67 heavy (non-hydrogen) atoms. The lowest BCUT2D eigenvalue weighted by Crippen LogP contribution is -2.57. The average molecular weight is 943 g/mol. The summed E-state index contributed by atoms with van der Waals surface area (Å²) in [5, 5.41) is 30.0. The number of nitrogens with zero attached hydrogens (tertiary/aromatic N) is 4. The summed E-state index contributed by atoms with van der Waals surface area (Å²) in [7, 11) is 0. The van der Waals surface area contributed by atoms with Crippen molar-refractivity contribution in [2.75, 3.05) is 26.2 Å². The molecule has 8 atom stereocenters. The molecule has 0 unspecified atom stereocenters. The number of carboxylic acids is 1. The molecule has 372 valence electrons. The molecular formula is C46H70N8O13. The van der Waals surface area contributed by atoms with Gasteiger partial charge in [-0.15, -0.1) is 0 Å². The van der Waals surface area contributed by atoms with Crippen LogP contribution in [0.3, 0.4) is 0 Å². The van der Waals surface area contributed by atoms with E-state index in [9.17, 15) is 48.6 Å². The van der Waals surface area contributed by atoms with Crippen molar-refractivity contribution in [2.24, 2.45) is 17.2 Å². The van der Waals surface area contributed by atoms with Gasteiger partial charge >= 0.3 is 18.2 Å². The molecule has 21 heteroatoms. The Morgan fingerprint density at radius 3 is 1.31 bits per heavy atom. The Balaban J connectivity index is 0.000000393. The number of benzene rings is 2. The number of ether oxygens (including phenoxy) is 2. The lowest BCUT2D eigenvalue weighted by atomic mass is 10.1. The van der Waals surface area contributed by atoms with Gasteiger partial charge in [0.15, 0.2) is 0 Å². The van der Waals surface area contributed by atoms with Gasteiger partial charge in [-0.3, -0.25) is 33.8 Å². The molecule has 2 aromatic rings. The summed E-state index contributed by atoms with van der Waals surface area (Å²) in [4.78, 5) is 102. The van der Waals surface area contributed by atoms with E-state index in [1.54, 1.807) is 0 Å². The first-order valence-electron chi connectivity index (χ1n) is 21.7. The molecule has 0 aliphatic carbocycles. The lowest BCUT2D eigenvalue weighted by molar-refractivity contribution is -0.149. The molecule has 10 N–H and O–H groups in total. The van der Waals surface area contributed by atoms with E-state index in [2.05, 4.69) is 5.32 Å². The van der Waals surface area contributed by atoms with Crippen LogP contribution in [0.15, 0.2) is 60.7 Å². The van der Waals surface area contributed by atoms with Gasteiger partial charge in [-0.05, 0) is 76.3 Å². The third-order valence-electron chi connectivity index (χ3n) is 11.5. The molecule has 21 nitrogen and oxygen atoms in total. The average Bonchev–Trinajstić information content (AvgIpc) is 4.14. The zero-order valence-corrected chi connectivity index (χ0v) is 36.7. The van der Waals surface area contributed by atoms with E-state index in [0.717, 1.165) is 11.1 Å². The molecule has 0 radical (unpaired) electrons. The molecule has 0 aromatic heterocycles. The topological polar surface area (TPSA) is 319 Å². The van der Waals surface area contributed by atoms with E-state index in [1.165, 1.54) is 33.4 Å². The number of hydrogen-bond acceptors (Lipinski definition) is 13. The molecule has 0 bridgehead atoms. The van der Waals surface area contributed by atoms with Crippen LogP contribution in [0, 0.1) is 0 Å². The van der Waals surface area contributed by atoms with E-state index < -0.39 is 84.3 Å². The monoisotopic (exact) mass is 943 g/mol. The Morgan fingerprint density at radius 1 is 0.597 bits per heavy atom. The molecular weight excluding hydrogens is 873 g/mol. The number of primary amides is 2. The maximum absolute atomic E-state index is 13.3. The molecule has 2 aromatic carbocycles. The van der Waals surface area contributed by atoms with Crippen LogP contribution in [-0.2, 0) is 51.5 Å². The molecule has 0 spiro atoms. The Hall–Kier alpha value is -6.32. The Labute approximate surface area is 391 Å². The Kier molecular flexibility index (Phi) is 23.2.